The van der Waals surface area contributed by atoms with Gasteiger partial charge in [-0.05, 0) is 6.92 Å². The number of hydrogen-bond donors (Lipinski definition) is 2. The second-order valence-electron chi connectivity index (χ2n) is 2.15. The fourth-order valence-electron chi connectivity index (χ4n) is 0.522. The highest BCUT2D eigenvalue weighted by molar-refractivity contribution is 5.85. The van der Waals surface area contributed by atoms with E-state index in [4.69, 9.17) is 5.11 Å². The van der Waals surface area contributed by atoms with E-state index in [2.05, 4.69) is 10.5 Å². The molecular weight excluding hydrogens is 162 g/mol. The van der Waals surface area contributed by atoms with Gasteiger partial charge in [0.25, 0.3) is 0 Å². The van der Waals surface area contributed by atoms with Crippen LogP contribution >= 0.6 is 0 Å². The van der Waals surface area contributed by atoms with Crippen molar-refractivity contribution in [1.29, 1.82) is 0 Å². The third-order valence-corrected chi connectivity index (χ3v) is 1.15. The van der Waals surface area contributed by atoms with Gasteiger partial charge in [0.15, 0.2) is 0 Å². The second-order valence-corrected chi connectivity index (χ2v) is 2.15. The summed E-state index contributed by atoms with van der Waals surface area (Å²) >= 11 is 0. The number of ether oxygens (including phenoxy) is 1. The molecule has 1 amide bonds. The predicted molar refractivity (Wildman–Crippen MR) is 41.5 cm³/mol. The highest BCUT2D eigenvalue weighted by Crippen LogP contribution is 1.95. The molecule has 0 aliphatic carbocycles. The molecule has 0 saturated heterocycles. The first-order valence-corrected chi connectivity index (χ1v) is 3.36. The molecular formula is C7H11NO4. The minimum atomic E-state index is -0.978. The first-order chi connectivity index (χ1) is 5.54. The van der Waals surface area contributed by atoms with Crippen molar-refractivity contribution in [2.75, 3.05) is 6.61 Å². The van der Waals surface area contributed by atoms with Gasteiger partial charge in [-0.1, -0.05) is 6.08 Å². The van der Waals surface area contributed by atoms with Crippen molar-refractivity contribution in [1.82, 2.24) is 0 Å². The summed E-state index contributed by atoms with van der Waals surface area (Å²) in [6.45, 7) is 1.58. The highest BCUT2D eigenvalue weighted by Gasteiger charge is 1.98. The lowest BCUT2D eigenvalue weighted by molar-refractivity contribution is -0.132. The molecule has 0 aliphatic rings. The lowest BCUT2D eigenvalue weighted by Gasteiger charge is -1.97. The smallest absolute Gasteiger partial charge is 0.404 e. The van der Waals surface area contributed by atoms with Crippen molar-refractivity contribution in [2.24, 2.45) is 5.73 Å². The van der Waals surface area contributed by atoms with Crippen LogP contribution in [0.3, 0.4) is 0 Å². The molecule has 0 saturated carbocycles. The molecule has 12 heavy (non-hydrogen) atoms. The van der Waals surface area contributed by atoms with Crippen LogP contribution in [0.25, 0.3) is 0 Å². The number of rotatable bonds is 4. The number of primary amides is 1. The number of carboxylic acid groups (broad SMARTS) is 1. The summed E-state index contributed by atoms with van der Waals surface area (Å²) in [4.78, 5) is 20.3. The average molecular weight is 173 g/mol. The highest BCUT2D eigenvalue weighted by atomic mass is 16.5. The van der Waals surface area contributed by atoms with Gasteiger partial charge in [-0.25, -0.2) is 9.59 Å². The minimum Gasteiger partial charge on any atom is -0.478 e. The van der Waals surface area contributed by atoms with Gasteiger partial charge in [0.1, 0.15) is 0 Å². The second kappa shape index (κ2) is 5.17. The number of hydrogen-bond acceptors (Lipinski definition) is 3. The topological polar surface area (TPSA) is 89.6 Å². The molecule has 0 rings (SSSR count). The first-order valence-electron chi connectivity index (χ1n) is 3.36. The number of aliphatic carboxylic acids is 1. The van der Waals surface area contributed by atoms with E-state index in [0.717, 1.165) is 0 Å². The third-order valence-electron chi connectivity index (χ3n) is 1.15. The molecule has 0 heterocycles. The van der Waals surface area contributed by atoms with Crippen molar-refractivity contribution in [3.8, 4) is 0 Å². The minimum absolute atomic E-state index is 0.111. The van der Waals surface area contributed by atoms with E-state index >= 15 is 0 Å². The summed E-state index contributed by atoms with van der Waals surface area (Å²) in [5.41, 5.74) is 4.90. The Hall–Kier alpha value is -1.52. The lowest BCUT2D eigenvalue weighted by Crippen LogP contribution is -2.13. The van der Waals surface area contributed by atoms with Gasteiger partial charge in [0, 0.05) is 12.0 Å². The molecule has 0 aromatic carbocycles. The van der Waals surface area contributed by atoms with Gasteiger partial charge in [-0.3, -0.25) is 0 Å². The summed E-state index contributed by atoms with van der Waals surface area (Å²) in [5.74, 6) is -0.978. The summed E-state index contributed by atoms with van der Waals surface area (Å²) in [6, 6.07) is 0. The molecule has 0 fully saturated rings. The summed E-state index contributed by atoms with van der Waals surface area (Å²) in [7, 11) is 0. The van der Waals surface area contributed by atoms with Crippen LogP contribution in [0.4, 0.5) is 4.79 Å². The zero-order valence-corrected chi connectivity index (χ0v) is 6.74. The van der Waals surface area contributed by atoms with Crippen molar-refractivity contribution < 1.29 is 19.4 Å². The predicted octanol–water partition coefficient (Wildman–Crippen LogP) is 0.503. The van der Waals surface area contributed by atoms with Gasteiger partial charge in [0.05, 0.1) is 6.61 Å². The molecule has 5 nitrogen and oxygen atoms in total. The van der Waals surface area contributed by atoms with E-state index < -0.39 is 12.1 Å². The number of carbonyl (C=O) groups excluding carboxylic acids is 1. The normalized spacial score (nSPS) is 10.9. The van der Waals surface area contributed by atoms with Crippen LogP contribution in [0.1, 0.15) is 13.3 Å². The monoisotopic (exact) mass is 173 g/mol. The van der Waals surface area contributed by atoms with E-state index in [-0.39, 0.29) is 12.2 Å². The number of nitrogens with two attached hydrogens (primary N) is 1. The van der Waals surface area contributed by atoms with Crippen molar-refractivity contribution in [3.63, 3.8) is 0 Å². The van der Waals surface area contributed by atoms with Gasteiger partial charge in [-0.2, -0.15) is 0 Å². The number of amides is 1. The average Bonchev–Trinajstić information content (AvgIpc) is 1.97. The van der Waals surface area contributed by atoms with Crippen LogP contribution in [0.5, 0.6) is 0 Å². The summed E-state index contributed by atoms with van der Waals surface area (Å²) in [5, 5.41) is 8.39. The molecule has 0 spiro atoms. The van der Waals surface area contributed by atoms with Crippen LogP contribution in [0.15, 0.2) is 11.6 Å². The van der Waals surface area contributed by atoms with Crippen molar-refractivity contribution >= 4 is 12.1 Å². The Balaban J connectivity index is 3.60. The van der Waals surface area contributed by atoms with Gasteiger partial charge < -0.3 is 15.6 Å². The van der Waals surface area contributed by atoms with Gasteiger partial charge >= 0.3 is 12.1 Å². The van der Waals surface area contributed by atoms with Crippen LogP contribution in [-0.2, 0) is 9.53 Å². The van der Waals surface area contributed by atoms with Crippen LogP contribution in [0, 0.1) is 0 Å². The van der Waals surface area contributed by atoms with E-state index in [0.29, 0.717) is 6.42 Å². The molecule has 0 bridgehead atoms. The maximum atomic E-state index is 10.2. The Morgan fingerprint density at radius 2 is 2.17 bits per heavy atom. The number of carbonyl (C=O) groups is 2. The Bertz CT molecular complexity index is 209. The van der Waals surface area contributed by atoms with E-state index in [1.165, 1.54) is 13.0 Å². The molecule has 0 radical (unpaired) electrons. The molecule has 0 aromatic heterocycles. The largest absolute Gasteiger partial charge is 0.478 e. The third kappa shape index (κ3) is 5.28. The van der Waals surface area contributed by atoms with E-state index in [1.54, 1.807) is 0 Å². The maximum Gasteiger partial charge on any atom is 0.404 e. The standard InChI is InChI=1S/C7H11NO4/c1-5(6(9)10)3-2-4-12-7(8)11/h3H,2,4H2,1H3,(H2,8,11)(H,9,10)/b5-3+. The van der Waals surface area contributed by atoms with Gasteiger partial charge in [-0.15, -0.1) is 0 Å². The zero-order valence-electron chi connectivity index (χ0n) is 6.74. The van der Waals surface area contributed by atoms with E-state index in [9.17, 15) is 9.59 Å². The molecule has 3 N–H and O–H groups in total. The first kappa shape index (κ1) is 10.5. The van der Waals surface area contributed by atoms with Crippen molar-refractivity contribution in [3.05, 3.63) is 11.6 Å². The molecule has 0 aromatic rings. The molecule has 0 atom stereocenters. The Kier molecular flexibility index (Phi) is 4.52. The van der Waals surface area contributed by atoms with Crippen molar-refractivity contribution in [2.45, 2.75) is 13.3 Å². The SMILES string of the molecule is C/C(=C\CCOC(N)=O)C(=O)O. The van der Waals surface area contributed by atoms with Crippen LogP contribution in [-0.4, -0.2) is 23.8 Å². The Morgan fingerprint density at radius 1 is 1.58 bits per heavy atom. The summed E-state index contributed by atoms with van der Waals surface area (Å²) < 4.78 is 4.37. The zero-order chi connectivity index (χ0) is 9.56. The molecule has 0 aliphatic heterocycles. The maximum absolute atomic E-state index is 10.2. The Morgan fingerprint density at radius 3 is 2.58 bits per heavy atom. The van der Waals surface area contributed by atoms with E-state index in [1.807, 2.05) is 0 Å². The fraction of sp³-hybridized carbons (Fsp3) is 0.429. The lowest BCUT2D eigenvalue weighted by atomic mass is 10.2. The summed E-state index contributed by atoms with van der Waals surface area (Å²) in [6.07, 6.45) is 0.975. The fourth-order valence-corrected chi connectivity index (χ4v) is 0.522. The van der Waals surface area contributed by atoms with Crippen LogP contribution < -0.4 is 5.73 Å². The Labute approximate surface area is 69.8 Å². The molecule has 68 valence electrons. The molecule has 5 heteroatoms. The molecule has 0 unspecified atom stereocenters. The van der Waals surface area contributed by atoms with Gasteiger partial charge in [0.2, 0.25) is 0 Å². The van der Waals surface area contributed by atoms with Crippen LogP contribution in [0.2, 0.25) is 0 Å². The number of carboxylic acids is 1. The quantitative estimate of drug-likeness (QED) is 0.478.